The van der Waals surface area contributed by atoms with Crippen LogP contribution in [0, 0.1) is 6.92 Å². The van der Waals surface area contributed by atoms with Crippen molar-refractivity contribution in [1.82, 2.24) is 5.43 Å². The monoisotopic (exact) mass is 511 g/mol. The molecule has 1 heterocycles. The van der Waals surface area contributed by atoms with Crippen molar-refractivity contribution < 1.29 is 14.0 Å². The van der Waals surface area contributed by atoms with Crippen molar-refractivity contribution in [1.29, 1.82) is 0 Å². The van der Waals surface area contributed by atoms with E-state index in [0.717, 1.165) is 23.1 Å². The molecule has 0 saturated carbocycles. The largest absolute Gasteiger partial charge is 0.455 e. The summed E-state index contributed by atoms with van der Waals surface area (Å²) in [7, 11) is 0. The Hall–Kier alpha value is -4.16. The van der Waals surface area contributed by atoms with Gasteiger partial charge in [-0.15, -0.1) is 0 Å². The second-order valence-corrected chi connectivity index (χ2v) is 9.34. The zero-order valence-corrected chi connectivity index (χ0v) is 21.1. The molecular weight excluding hydrogens is 486 g/mol. The van der Waals surface area contributed by atoms with Crippen LogP contribution < -0.4 is 10.7 Å². The molecule has 0 fully saturated rings. The predicted molar refractivity (Wildman–Crippen MR) is 145 cm³/mol. The summed E-state index contributed by atoms with van der Waals surface area (Å²) in [5.41, 5.74) is 7.25. The fourth-order valence-electron chi connectivity index (χ4n) is 4.71. The smallest absolute Gasteiger partial charge is 0.291 e. The first-order chi connectivity index (χ1) is 18.0. The van der Waals surface area contributed by atoms with E-state index in [-0.39, 0.29) is 17.6 Å². The molecule has 186 valence electrons. The Labute approximate surface area is 220 Å². The van der Waals surface area contributed by atoms with Crippen LogP contribution in [0.2, 0.25) is 5.02 Å². The van der Waals surface area contributed by atoms with Gasteiger partial charge in [0, 0.05) is 17.5 Å². The highest BCUT2D eigenvalue weighted by atomic mass is 35.5. The Morgan fingerprint density at radius 3 is 2.16 bits per heavy atom. The number of para-hydroxylation sites is 1. The van der Waals surface area contributed by atoms with Gasteiger partial charge in [-0.3, -0.25) is 9.59 Å². The number of amides is 2. The number of rotatable bonds is 6. The van der Waals surface area contributed by atoms with Crippen molar-refractivity contribution in [2.75, 3.05) is 5.32 Å². The van der Waals surface area contributed by atoms with Gasteiger partial charge in [-0.1, -0.05) is 84.4 Å². The number of benzene rings is 3. The zero-order chi connectivity index (χ0) is 25.8. The Kier molecular flexibility index (Phi) is 7.19. The normalized spacial score (nSPS) is 13.9. The van der Waals surface area contributed by atoms with Crippen LogP contribution in [0.15, 0.2) is 94.4 Å². The number of anilines is 1. The van der Waals surface area contributed by atoms with Gasteiger partial charge in [0.05, 0.1) is 22.3 Å². The molecule has 4 aromatic rings. The molecule has 0 atom stereocenters. The highest BCUT2D eigenvalue weighted by molar-refractivity contribution is 6.33. The maximum Gasteiger partial charge on any atom is 0.291 e. The van der Waals surface area contributed by atoms with E-state index in [2.05, 4.69) is 15.8 Å². The van der Waals surface area contributed by atoms with E-state index in [4.69, 9.17) is 16.0 Å². The summed E-state index contributed by atoms with van der Waals surface area (Å²) >= 11 is 6.20. The molecule has 0 aliphatic heterocycles. The summed E-state index contributed by atoms with van der Waals surface area (Å²) in [5.74, 6) is -0.190. The molecule has 0 saturated heterocycles. The molecule has 37 heavy (non-hydrogen) atoms. The molecule has 1 aliphatic rings. The predicted octanol–water partition coefficient (Wildman–Crippen LogP) is 6.48. The third kappa shape index (κ3) is 5.20. The molecule has 3 aromatic carbocycles. The second-order valence-electron chi connectivity index (χ2n) is 8.93. The summed E-state index contributed by atoms with van der Waals surface area (Å²) in [4.78, 5) is 26.4. The number of hydrogen-bond acceptors (Lipinski definition) is 4. The van der Waals surface area contributed by atoms with Crippen molar-refractivity contribution in [3.8, 4) is 0 Å². The summed E-state index contributed by atoms with van der Waals surface area (Å²) < 4.78 is 5.99. The number of nitrogens with zero attached hydrogens (tertiary/aromatic N) is 1. The standard InChI is InChI=1S/C30H26ClN3O3/c1-19-26-24(17-10-18-25(26)37-28(19)30(36)32-23-16-9-8-15-22(23)31)33-34-29(35)27(20-11-4-2-5-12-20)21-13-6-3-7-14-21/h2-9,11-16,27H,10,17-18H2,1H3,(H,32,36)(H,34,35)/b33-24+. The van der Waals surface area contributed by atoms with Gasteiger partial charge >= 0.3 is 0 Å². The van der Waals surface area contributed by atoms with Crippen LogP contribution in [0.4, 0.5) is 5.69 Å². The van der Waals surface area contributed by atoms with Crippen LogP contribution in [0.25, 0.3) is 0 Å². The number of aryl methyl sites for hydroxylation is 1. The van der Waals surface area contributed by atoms with Crippen LogP contribution in [-0.4, -0.2) is 17.5 Å². The van der Waals surface area contributed by atoms with E-state index in [9.17, 15) is 9.59 Å². The van der Waals surface area contributed by atoms with Gasteiger partial charge in [-0.05, 0) is 43.0 Å². The minimum absolute atomic E-state index is 0.220. The molecule has 1 aromatic heterocycles. The summed E-state index contributed by atoms with van der Waals surface area (Å²) in [5, 5.41) is 7.80. The third-order valence-electron chi connectivity index (χ3n) is 6.48. The first-order valence-electron chi connectivity index (χ1n) is 12.2. The Bertz CT molecular complexity index is 1420. The molecule has 0 bridgehead atoms. The molecule has 2 N–H and O–H groups in total. The van der Waals surface area contributed by atoms with E-state index < -0.39 is 5.92 Å². The molecule has 6 nitrogen and oxygen atoms in total. The quantitative estimate of drug-likeness (QED) is 0.290. The summed E-state index contributed by atoms with van der Waals surface area (Å²) in [6.45, 7) is 1.84. The lowest BCUT2D eigenvalue weighted by atomic mass is 9.90. The number of furan rings is 1. The first kappa shape index (κ1) is 24.5. The molecule has 1 aliphatic carbocycles. The number of carbonyl (C=O) groups is 2. The minimum atomic E-state index is -0.503. The van der Waals surface area contributed by atoms with Crippen molar-refractivity contribution in [2.24, 2.45) is 5.10 Å². The fourth-order valence-corrected chi connectivity index (χ4v) is 4.89. The number of fused-ring (bicyclic) bond motifs is 1. The molecule has 2 amide bonds. The van der Waals surface area contributed by atoms with Crippen LogP contribution in [0.5, 0.6) is 0 Å². The third-order valence-corrected chi connectivity index (χ3v) is 6.81. The highest BCUT2D eigenvalue weighted by Crippen LogP contribution is 2.31. The van der Waals surface area contributed by atoms with Gasteiger partial charge in [0.2, 0.25) is 0 Å². The van der Waals surface area contributed by atoms with E-state index >= 15 is 0 Å². The van der Waals surface area contributed by atoms with Crippen LogP contribution in [-0.2, 0) is 11.2 Å². The van der Waals surface area contributed by atoms with E-state index in [1.165, 1.54) is 0 Å². The van der Waals surface area contributed by atoms with Crippen molar-refractivity contribution in [3.63, 3.8) is 0 Å². The van der Waals surface area contributed by atoms with E-state index in [1.54, 1.807) is 24.3 Å². The molecule has 0 spiro atoms. The van der Waals surface area contributed by atoms with E-state index in [1.807, 2.05) is 67.6 Å². The molecule has 5 rings (SSSR count). The minimum Gasteiger partial charge on any atom is -0.455 e. The summed E-state index contributed by atoms with van der Waals surface area (Å²) in [6.07, 6.45) is 2.17. The number of nitrogens with one attached hydrogen (secondary N) is 2. The average molecular weight is 512 g/mol. The van der Waals surface area contributed by atoms with Crippen molar-refractivity contribution >= 4 is 34.8 Å². The highest BCUT2D eigenvalue weighted by Gasteiger charge is 2.29. The lowest BCUT2D eigenvalue weighted by Gasteiger charge is -2.18. The fraction of sp³-hybridized carbons (Fsp3) is 0.167. The Morgan fingerprint density at radius 2 is 1.51 bits per heavy atom. The Morgan fingerprint density at radius 1 is 0.892 bits per heavy atom. The SMILES string of the molecule is Cc1c(C(=O)Nc2ccccc2Cl)oc2c1/C(=N/NC(=O)C(c1ccccc1)c1ccccc1)CCC2. The van der Waals surface area contributed by atoms with Gasteiger partial charge in [-0.25, -0.2) is 5.43 Å². The average Bonchev–Trinajstić information content (AvgIpc) is 3.27. The first-order valence-corrected chi connectivity index (χ1v) is 12.6. The molecule has 7 heteroatoms. The van der Waals surface area contributed by atoms with Crippen molar-refractivity contribution in [2.45, 2.75) is 32.1 Å². The van der Waals surface area contributed by atoms with Gasteiger partial charge in [0.25, 0.3) is 11.8 Å². The molecule has 0 unspecified atom stereocenters. The zero-order valence-electron chi connectivity index (χ0n) is 20.3. The topological polar surface area (TPSA) is 83.7 Å². The van der Waals surface area contributed by atoms with Gasteiger partial charge in [0.1, 0.15) is 5.76 Å². The number of hydrazone groups is 1. The summed E-state index contributed by atoms with van der Waals surface area (Å²) in [6, 6.07) is 26.3. The van der Waals surface area contributed by atoms with Gasteiger partial charge in [0.15, 0.2) is 5.76 Å². The van der Waals surface area contributed by atoms with Crippen LogP contribution in [0.1, 0.15) is 57.3 Å². The van der Waals surface area contributed by atoms with E-state index in [0.29, 0.717) is 40.6 Å². The number of halogens is 1. The maximum atomic E-state index is 13.4. The van der Waals surface area contributed by atoms with Crippen LogP contribution >= 0.6 is 11.6 Å². The lowest BCUT2D eigenvalue weighted by molar-refractivity contribution is -0.121. The maximum absolute atomic E-state index is 13.4. The lowest BCUT2D eigenvalue weighted by Crippen LogP contribution is -2.28. The second kappa shape index (κ2) is 10.8. The molecular formula is C30H26ClN3O3. The molecule has 0 radical (unpaired) electrons. The number of hydrogen-bond donors (Lipinski definition) is 2. The van der Waals surface area contributed by atoms with Gasteiger partial charge in [-0.2, -0.15) is 5.10 Å². The Balaban J connectivity index is 1.41. The number of carbonyl (C=O) groups excluding carboxylic acids is 2. The van der Waals surface area contributed by atoms with Crippen molar-refractivity contribution in [3.05, 3.63) is 124 Å². The van der Waals surface area contributed by atoms with Gasteiger partial charge < -0.3 is 9.73 Å². The van der Waals surface area contributed by atoms with Crippen LogP contribution in [0.3, 0.4) is 0 Å².